The topological polar surface area (TPSA) is 59.6 Å². The van der Waals surface area contributed by atoms with Gasteiger partial charge in [-0.1, -0.05) is 12.1 Å². The molecule has 2 atom stereocenters. The fourth-order valence-electron chi connectivity index (χ4n) is 2.44. The van der Waals surface area contributed by atoms with Crippen LogP contribution in [0.5, 0.6) is 0 Å². The fraction of sp³-hybridized carbons (Fsp3) is 0.588. The van der Waals surface area contributed by atoms with Gasteiger partial charge in [-0.25, -0.2) is 4.79 Å². The summed E-state index contributed by atoms with van der Waals surface area (Å²) in [4.78, 5) is 11.9. The molecule has 122 valence electrons. The lowest BCUT2D eigenvalue weighted by molar-refractivity contribution is 0.0636. The standard InChI is InChI=1S/C17H26N2O3/c1-12(13-9-10-21-11-13)18-14-7-5-6-8-15(14)19-16(20)22-17(2,3)4/h5-8,12-13,18H,9-11H2,1-4H3,(H,19,20). The van der Waals surface area contributed by atoms with Gasteiger partial charge in [0.05, 0.1) is 18.0 Å². The summed E-state index contributed by atoms with van der Waals surface area (Å²) < 4.78 is 10.7. The molecule has 2 rings (SSSR count). The van der Waals surface area contributed by atoms with Crippen LogP contribution in [0.15, 0.2) is 24.3 Å². The van der Waals surface area contributed by atoms with Crippen molar-refractivity contribution in [3.05, 3.63) is 24.3 Å². The summed E-state index contributed by atoms with van der Waals surface area (Å²) in [5.41, 5.74) is 1.11. The fourth-order valence-corrected chi connectivity index (χ4v) is 2.44. The maximum absolute atomic E-state index is 11.9. The second-order valence-corrected chi connectivity index (χ2v) is 6.73. The van der Waals surface area contributed by atoms with E-state index < -0.39 is 11.7 Å². The summed E-state index contributed by atoms with van der Waals surface area (Å²) in [5.74, 6) is 0.495. The predicted octanol–water partition coefficient (Wildman–Crippen LogP) is 3.87. The van der Waals surface area contributed by atoms with Gasteiger partial charge >= 0.3 is 6.09 Å². The van der Waals surface area contributed by atoms with Crippen molar-refractivity contribution in [3.8, 4) is 0 Å². The summed E-state index contributed by atoms with van der Waals surface area (Å²) in [6.45, 7) is 9.30. The van der Waals surface area contributed by atoms with Gasteiger partial charge in [-0.15, -0.1) is 0 Å². The molecule has 0 aliphatic carbocycles. The Balaban J connectivity index is 2.01. The number of carbonyl (C=O) groups is 1. The highest BCUT2D eigenvalue weighted by atomic mass is 16.6. The third-order valence-corrected chi connectivity index (χ3v) is 3.62. The number of hydrogen-bond donors (Lipinski definition) is 2. The lowest BCUT2D eigenvalue weighted by Crippen LogP contribution is -2.29. The van der Waals surface area contributed by atoms with E-state index in [-0.39, 0.29) is 6.04 Å². The molecule has 0 radical (unpaired) electrons. The number of anilines is 2. The zero-order chi connectivity index (χ0) is 16.2. The van der Waals surface area contributed by atoms with Crippen molar-refractivity contribution in [2.75, 3.05) is 23.8 Å². The van der Waals surface area contributed by atoms with Gasteiger partial charge in [0, 0.05) is 18.6 Å². The first kappa shape index (κ1) is 16.6. The van der Waals surface area contributed by atoms with Crippen LogP contribution in [0.3, 0.4) is 0 Å². The average molecular weight is 306 g/mol. The zero-order valence-corrected chi connectivity index (χ0v) is 13.8. The number of hydrogen-bond acceptors (Lipinski definition) is 4. The van der Waals surface area contributed by atoms with Crippen LogP contribution >= 0.6 is 0 Å². The summed E-state index contributed by atoms with van der Waals surface area (Å²) in [5, 5.41) is 6.28. The number of ether oxygens (including phenoxy) is 2. The summed E-state index contributed by atoms with van der Waals surface area (Å²) in [7, 11) is 0. The van der Waals surface area contributed by atoms with Crippen LogP contribution in [-0.4, -0.2) is 30.9 Å². The molecule has 1 heterocycles. The van der Waals surface area contributed by atoms with E-state index in [0.717, 1.165) is 31.0 Å². The number of benzene rings is 1. The minimum atomic E-state index is -0.513. The SMILES string of the molecule is CC(Nc1ccccc1NC(=O)OC(C)(C)C)C1CCOC1. The maximum atomic E-state index is 11.9. The van der Waals surface area contributed by atoms with Crippen LogP contribution in [0.2, 0.25) is 0 Å². The van der Waals surface area contributed by atoms with Crippen LogP contribution in [0.25, 0.3) is 0 Å². The number of rotatable bonds is 4. The Hall–Kier alpha value is -1.75. The predicted molar refractivity (Wildman–Crippen MR) is 88.3 cm³/mol. The molecule has 0 saturated carbocycles. The van der Waals surface area contributed by atoms with Crippen LogP contribution in [-0.2, 0) is 9.47 Å². The van der Waals surface area contributed by atoms with E-state index in [4.69, 9.17) is 9.47 Å². The number of nitrogens with one attached hydrogen (secondary N) is 2. The highest BCUT2D eigenvalue weighted by Crippen LogP contribution is 2.26. The number of amides is 1. The van der Waals surface area contributed by atoms with Crippen molar-refractivity contribution in [1.29, 1.82) is 0 Å². The lowest BCUT2D eigenvalue weighted by atomic mass is 10.0. The Morgan fingerprint density at radius 2 is 2.00 bits per heavy atom. The monoisotopic (exact) mass is 306 g/mol. The molecule has 1 aromatic carbocycles. The molecule has 0 bridgehead atoms. The Kier molecular flexibility index (Phi) is 5.29. The molecule has 2 unspecified atom stereocenters. The molecule has 22 heavy (non-hydrogen) atoms. The second kappa shape index (κ2) is 7.01. The molecule has 5 heteroatoms. The second-order valence-electron chi connectivity index (χ2n) is 6.73. The van der Waals surface area contributed by atoms with Crippen molar-refractivity contribution in [1.82, 2.24) is 0 Å². The molecule has 1 aliphatic heterocycles. The third kappa shape index (κ3) is 4.91. The largest absolute Gasteiger partial charge is 0.444 e. The quantitative estimate of drug-likeness (QED) is 0.886. The molecule has 1 amide bonds. The highest BCUT2D eigenvalue weighted by molar-refractivity contribution is 5.89. The van der Waals surface area contributed by atoms with Crippen molar-refractivity contribution in [2.24, 2.45) is 5.92 Å². The van der Waals surface area contributed by atoms with E-state index >= 15 is 0 Å². The van der Waals surface area contributed by atoms with E-state index in [0.29, 0.717) is 5.92 Å². The maximum Gasteiger partial charge on any atom is 0.412 e. The van der Waals surface area contributed by atoms with E-state index in [2.05, 4.69) is 17.6 Å². The average Bonchev–Trinajstić information content (AvgIpc) is 2.92. The van der Waals surface area contributed by atoms with Crippen LogP contribution in [0, 0.1) is 5.92 Å². The Morgan fingerprint density at radius 3 is 2.59 bits per heavy atom. The summed E-state index contributed by atoms with van der Waals surface area (Å²) in [6, 6.07) is 7.94. The van der Waals surface area contributed by atoms with Crippen molar-refractivity contribution in [2.45, 2.75) is 45.8 Å². The molecule has 1 aliphatic rings. The van der Waals surface area contributed by atoms with Gasteiger partial charge < -0.3 is 14.8 Å². The van der Waals surface area contributed by atoms with Crippen LogP contribution in [0.4, 0.5) is 16.2 Å². The molecule has 0 spiro atoms. The Morgan fingerprint density at radius 1 is 1.32 bits per heavy atom. The van der Waals surface area contributed by atoms with E-state index in [1.54, 1.807) is 0 Å². The number of carbonyl (C=O) groups excluding carboxylic acids is 1. The smallest absolute Gasteiger partial charge is 0.412 e. The van der Waals surface area contributed by atoms with Crippen molar-refractivity contribution < 1.29 is 14.3 Å². The molecule has 1 saturated heterocycles. The van der Waals surface area contributed by atoms with Gasteiger partial charge in [-0.05, 0) is 46.2 Å². The van der Waals surface area contributed by atoms with Gasteiger partial charge in [0.2, 0.25) is 0 Å². The molecule has 1 fully saturated rings. The van der Waals surface area contributed by atoms with Crippen molar-refractivity contribution in [3.63, 3.8) is 0 Å². The Bertz CT molecular complexity index is 505. The minimum absolute atomic E-state index is 0.282. The van der Waals surface area contributed by atoms with Gasteiger partial charge in [0.25, 0.3) is 0 Å². The molecule has 2 N–H and O–H groups in total. The molecular weight excluding hydrogens is 280 g/mol. The first-order chi connectivity index (χ1) is 10.3. The van der Waals surface area contributed by atoms with Crippen molar-refractivity contribution >= 4 is 17.5 Å². The van der Waals surface area contributed by atoms with Gasteiger partial charge in [-0.2, -0.15) is 0 Å². The normalized spacial score (nSPS) is 19.5. The van der Waals surface area contributed by atoms with E-state index in [9.17, 15) is 4.79 Å². The molecule has 5 nitrogen and oxygen atoms in total. The van der Waals surface area contributed by atoms with Gasteiger partial charge in [-0.3, -0.25) is 5.32 Å². The van der Waals surface area contributed by atoms with Crippen LogP contribution in [0.1, 0.15) is 34.1 Å². The minimum Gasteiger partial charge on any atom is -0.444 e. The zero-order valence-electron chi connectivity index (χ0n) is 13.8. The van der Waals surface area contributed by atoms with E-state index in [1.807, 2.05) is 45.0 Å². The summed E-state index contributed by atoms with van der Waals surface area (Å²) >= 11 is 0. The highest BCUT2D eigenvalue weighted by Gasteiger charge is 2.23. The first-order valence-corrected chi connectivity index (χ1v) is 7.78. The third-order valence-electron chi connectivity index (χ3n) is 3.62. The van der Waals surface area contributed by atoms with E-state index in [1.165, 1.54) is 0 Å². The Labute approximate surface area is 132 Å². The van der Waals surface area contributed by atoms with Crippen LogP contribution < -0.4 is 10.6 Å². The van der Waals surface area contributed by atoms with Gasteiger partial charge in [0.1, 0.15) is 5.60 Å². The lowest BCUT2D eigenvalue weighted by Gasteiger charge is -2.23. The molecule has 1 aromatic rings. The molecular formula is C17H26N2O3. The molecule has 0 aromatic heterocycles. The summed E-state index contributed by atoms with van der Waals surface area (Å²) in [6.07, 6.45) is 0.620. The number of para-hydroxylation sites is 2. The first-order valence-electron chi connectivity index (χ1n) is 7.78. The van der Waals surface area contributed by atoms with Gasteiger partial charge in [0.15, 0.2) is 0 Å².